The van der Waals surface area contributed by atoms with E-state index in [1.165, 1.54) is 0 Å². The highest BCUT2D eigenvalue weighted by Crippen LogP contribution is 2.33. The van der Waals surface area contributed by atoms with Gasteiger partial charge in [-0.15, -0.1) is 0 Å². The highest BCUT2D eigenvalue weighted by molar-refractivity contribution is 6.03. The maximum absolute atomic E-state index is 12.4. The predicted molar refractivity (Wildman–Crippen MR) is 92.2 cm³/mol. The fourth-order valence-electron chi connectivity index (χ4n) is 2.63. The molecule has 0 saturated carbocycles. The summed E-state index contributed by atoms with van der Waals surface area (Å²) < 4.78 is 5.57. The number of carbonyl (C=O) groups is 2. The van der Waals surface area contributed by atoms with E-state index >= 15 is 0 Å². The minimum absolute atomic E-state index is 0.132. The van der Waals surface area contributed by atoms with Crippen molar-refractivity contribution in [3.63, 3.8) is 0 Å². The van der Waals surface area contributed by atoms with Crippen LogP contribution < -0.4 is 26.4 Å². The molecule has 2 amide bonds. The number of nitrogens with two attached hydrogens (primary N) is 2. The summed E-state index contributed by atoms with van der Waals surface area (Å²) in [5.41, 5.74) is 13.2. The van der Waals surface area contributed by atoms with Gasteiger partial charge in [0.05, 0.1) is 30.0 Å². The number of benzene rings is 2. The normalized spacial score (nSPS) is 12.9. The number of nitrogens with one attached hydrogen (secondary N) is 1. The van der Waals surface area contributed by atoms with Crippen LogP contribution in [0.1, 0.15) is 10.4 Å². The largest absolute Gasteiger partial charge is 0.489 e. The second kappa shape index (κ2) is 6.49. The molecule has 0 bridgehead atoms. The minimum atomic E-state index is -0.585. The summed E-state index contributed by atoms with van der Waals surface area (Å²) in [5.74, 6) is -0.168. The van der Waals surface area contributed by atoms with Crippen molar-refractivity contribution in [1.29, 1.82) is 0 Å². The number of anilines is 3. The molecule has 2 aromatic carbocycles. The number of carbonyl (C=O) groups excluding carboxylic acids is 2. The number of nitrogen functional groups attached to an aromatic ring is 1. The predicted octanol–water partition coefficient (Wildman–Crippen LogP) is 1.21. The van der Waals surface area contributed by atoms with Crippen LogP contribution in [0.5, 0.6) is 5.75 Å². The molecule has 0 aromatic heterocycles. The number of para-hydroxylation sites is 1. The van der Waals surface area contributed by atoms with Gasteiger partial charge in [-0.3, -0.25) is 9.59 Å². The summed E-state index contributed by atoms with van der Waals surface area (Å²) in [5, 5.41) is 2.73. The van der Waals surface area contributed by atoms with E-state index in [0.717, 1.165) is 5.69 Å². The fourth-order valence-corrected chi connectivity index (χ4v) is 2.63. The van der Waals surface area contributed by atoms with Gasteiger partial charge < -0.3 is 26.4 Å². The summed E-state index contributed by atoms with van der Waals surface area (Å²) in [6, 6.07) is 12.0. The summed E-state index contributed by atoms with van der Waals surface area (Å²) in [6.45, 7) is 1.19. The van der Waals surface area contributed by atoms with Crippen molar-refractivity contribution in [2.24, 2.45) is 5.73 Å². The Kier molecular flexibility index (Phi) is 4.24. The Bertz CT molecular complexity index is 791. The average molecular weight is 326 g/mol. The van der Waals surface area contributed by atoms with Gasteiger partial charge in [-0.25, -0.2) is 0 Å². The van der Waals surface area contributed by atoms with Crippen LogP contribution in [0.2, 0.25) is 0 Å². The third kappa shape index (κ3) is 3.24. The first-order valence-electron chi connectivity index (χ1n) is 7.50. The van der Waals surface area contributed by atoms with E-state index in [4.69, 9.17) is 16.2 Å². The first kappa shape index (κ1) is 15.7. The molecule has 0 fully saturated rings. The lowest BCUT2D eigenvalue weighted by Gasteiger charge is -2.30. The molecule has 0 atom stereocenters. The van der Waals surface area contributed by atoms with Crippen molar-refractivity contribution in [3.05, 3.63) is 48.0 Å². The zero-order valence-electron chi connectivity index (χ0n) is 13.0. The van der Waals surface area contributed by atoms with Gasteiger partial charge in [-0.1, -0.05) is 12.1 Å². The number of ether oxygens (including phenoxy) is 1. The number of primary amides is 1. The molecule has 0 aliphatic carbocycles. The molecule has 124 valence electrons. The van der Waals surface area contributed by atoms with Crippen LogP contribution in [0.3, 0.4) is 0 Å². The third-order valence-corrected chi connectivity index (χ3v) is 3.74. The Labute approximate surface area is 139 Å². The van der Waals surface area contributed by atoms with Gasteiger partial charge in [0.2, 0.25) is 5.91 Å². The molecule has 5 N–H and O–H groups in total. The van der Waals surface area contributed by atoms with Gasteiger partial charge in [0.25, 0.3) is 5.91 Å². The van der Waals surface area contributed by atoms with E-state index < -0.39 is 5.91 Å². The Morgan fingerprint density at radius 1 is 1.21 bits per heavy atom. The molecule has 3 rings (SSSR count). The summed E-state index contributed by atoms with van der Waals surface area (Å²) in [7, 11) is 0. The van der Waals surface area contributed by atoms with Gasteiger partial charge in [0, 0.05) is 11.8 Å². The quantitative estimate of drug-likeness (QED) is 0.731. The molecule has 2 aromatic rings. The molecular weight excluding hydrogens is 308 g/mol. The van der Waals surface area contributed by atoms with Gasteiger partial charge in [0.15, 0.2) is 0 Å². The van der Waals surface area contributed by atoms with Crippen LogP contribution in [0.4, 0.5) is 17.1 Å². The van der Waals surface area contributed by atoms with Gasteiger partial charge in [0.1, 0.15) is 12.4 Å². The fraction of sp³-hybridized carbons (Fsp3) is 0.176. The van der Waals surface area contributed by atoms with Crippen LogP contribution in [-0.4, -0.2) is 31.5 Å². The minimum Gasteiger partial charge on any atom is -0.489 e. The lowest BCUT2D eigenvalue weighted by atomic mass is 10.1. The lowest BCUT2D eigenvalue weighted by Crippen LogP contribution is -2.39. The molecule has 0 spiro atoms. The van der Waals surface area contributed by atoms with Crippen LogP contribution in [0.25, 0.3) is 0 Å². The SMILES string of the molecule is NC(=O)c1ccccc1NC(=O)CN1CCOc2cc(N)ccc21. The van der Waals surface area contributed by atoms with Crippen molar-refractivity contribution in [2.45, 2.75) is 0 Å². The van der Waals surface area contributed by atoms with Crippen molar-refractivity contribution in [2.75, 3.05) is 35.6 Å². The first-order chi connectivity index (χ1) is 11.5. The molecule has 0 unspecified atom stereocenters. The molecule has 1 aliphatic heterocycles. The zero-order chi connectivity index (χ0) is 17.1. The number of hydrogen-bond donors (Lipinski definition) is 3. The van der Waals surface area contributed by atoms with E-state index in [2.05, 4.69) is 5.32 Å². The Balaban J connectivity index is 1.74. The second-order valence-electron chi connectivity index (χ2n) is 5.46. The number of hydrogen-bond acceptors (Lipinski definition) is 5. The first-order valence-corrected chi connectivity index (χ1v) is 7.50. The van der Waals surface area contributed by atoms with Crippen LogP contribution in [0.15, 0.2) is 42.5 Å². The van der Waals surface area contributed by atoms with E-state index in [-0.39, 0.29) is 18.0 Å². The summed E-state index contributed by atoms with van der Waals surface area (Å²) >= 11 is 0. The molecule has 0 saturated heterocycles. The molecule has 1 heterocycles. The Morgan fingerprint density at radius 2 is 2.00 bits per heavy atom. The van der Waals surface area contributed by atoms with E-state index in [1.807, 2.05) is 11.0 Å². The summed E-state index contributed by atoms with van der Waals surface area (Å²) in [6.07, 6.45) is 0. The van der Waals surface area contributed by atoms with Crippen molar-refractivity contribution >= 4 is 28.9 Å². The Morgan fingerprint density at radius 3 is 2.79 bits per heavy atom. The van der Waals surface area contributed by atoms with Crippen molar-refractivity contribution in [1.82, 2.24) is 0 Å². The van der Waals surface area contributed by atoms with Gasteiger partial charge >= 0.3 is 0 Å². The number of rotatable bonds is 4. The molecule has 7 heteroatoms. The zero-order valence-corrected chi connectivity index (χ0v) is 13.0. The van der Waals surface area contributed by atoms with Gasteiger partial charge in [-0.2, -0.15) is 0 Å². The molecule has 1 aliphatic rings. The second-order valence-corrected chi connectivity index (χ2v) is 5.46. The topological polar surface area (TPSA) is 111 Å². The van der Waals surface area contributed by atoms with Crippen LogP contribution in [-0.2, 0) is 4.79 Å². The highest BCUT2D eigenvalue weighted by atomic mass is 16.5. The smallest absolute Gasteiger partial charge is 0.250 e. The third-order valence-electron chi connectivity index (χ3n) is 3.74. The number of nitrogens with zero attached hydrogens (tertiary/aromatic N) is 1. The van der Waals surface area contributed by atoms with Gasteiger partial charge in [-0.05, 0) is 24.3 Å². The standard InChI is InChI=1S/C17H18N4O3/c18-11-5-6-14-15(9-11)24-8-7-21(14)10-16(22)20-13-4-2-1-3-12(13)17(19)23/h1-6,9H,7-8,10,18H2,(H2,19,23)(H,20,22). The number of amides is 2. The van der Waals surface area contributed by atoms with Crippen LogP contribution >= 0.6 is 0 Å². The van der Waals surface area contributed by atoms with Crippen LogP contribution in [0, 0.1) is 0 Å². The van der Waals surface area contributed by atoms with Crippen molar-refractivity contribution < 1.29 is 14.3 Å². The maximum atomic E-state index is 12.4. The molecule has 24 heavy (non-hydrogen) atoms. The highest BCUT2D eigenvalue weighted by Gasteiger charge is 2.21. The molecular formula is C17H18N4O3. The molecule has 7 nitrogen and oxygen atoms in total. The average Bonchev–Trinajstić information content (AvgIpc) is 2.55. The van der Waals surface area contributed by atoms with E-state index in [1.54, 1.807) is 36.4 Å². The van der Waals surface area contributed by atoms with E-state index in [0.29, 0.717) is 30.3 Å². The Hall–Kier alpha value is -3.22. The van der Waals surface area contributed by atoms with Crippen molar-refractivity contribution in [3.8, 4) is 5.75 Å². The lowest BCUT2D eigenvalue weighted by molar-refractivity contribution is -0.115. The van der Waals surface area contributed by atoms with E-state index in [9.17, 15) is 9.59 Å². The maximum Gasteiger partial charge on any atom is 0.250 e. The summed E-state index contributed by atoms with van der Waals surface area (Å²) in [4.78, 5) is 25.7. The number of fused-ring (bicyclic) bond motifs is 1. The molecule has 0 radical (unpaired) electrons. The monoisotopic (exact) mass is 326 g/mol.